The lowest BCUT2D eigenvalue weighted by Crippen LogP contribution is -2.40. The van der Waals surface area contributed by atoms with E-state index in [9.17, 15) is 9.18 Å². The van der Waals surface area contributed by atoms with Gasteiger partial charge in [0.2, 0.25) is 0 Å². The molecule has 0 bridgehead atoms. The fourth-order valence-electron chi connectivity index (χ4n) is 1.61. The van der Waals surface area contributed by atoms with Crippen LogP contribution in [0.25, 0.3) is 0 Å². The molecule has 4 nitrogen and oxygen atoms in total. The molecule has 0 aliphatic rings. The van der Waals surface area contributed by atoms with Crippen LogP contribution >= 0.6 is 11.8 Å². The van der Waals surface area contributed by atoms with Gasteiger partial charge in [0.25, 0.3) is 0 Å². The predicted octanol–water partition coefficient (Wildman–Crippen LogP) is 2.39. The number of urea groups is 1. The summed E-state index contributed by atoms with van der Waals surface area (Å²) >= 11 is 1.75. The molecule has 1 rings (SSSR count). The Kier molecular flexibility index (Phi) is 8.06. The average molecular weight is 300 g/mol. The van der Waals surface area contributed by atoms with Crippen molar-refractivity contribution in [2.45, 2.75) is 19.1 Å². The van der Waals surface area contributed by atoms with Crippen molar-refractivity contribution in [3.8, 4) is 0 Å². The lowest BCUT2D eigenvalue weighted by molar-refractivity contribution is 0.101. The zero-order valence-corrected chi connectivity index (χ0v) is 12.6. The number of methoxy groups -OCH3 is 1. The van der Waals surface area contributed by atoms with Gasteiger partial charge in [-0.25, -0.2) is 9.18 Å². The molecule has 20 heavy (non-hydrogen) atoms. The average Bonchev–Trinajstić information content (AvgIpc) is 2.47. The van der Waals surface area contributed by atoms with Crippen molar-refractivity contribution in [1.82, 2.24) is 10.6 Å². The molecule has 1 unspecified atom stereocenters. The van der Waals surface area contributed by atoms with Gasteiger partial charge in [0, 0.05) is 20.2 Å². The SMILES string of the molecule is COC(CCSC)CNC(=O)NCc1ccc(F)cc1. The van der Waals surface area contributed by atoms with Gasteiger partial charge in [0.1, 0.15) is 5.82 Å². The third-order valence-electron chi connectivity index (χ3n) is 2.83. The predicted molar refractivity (Wildman–Crippen MR) is 80.4 cm³/mol. The fourth-order valence-corrected chi connectivity index (χ4v) is 2.10. The monoisotopic (exact) mass is 300 g/mol. The summed E-state index contributed by atoms with van der Waals surface area (Å²) in [4.78, 5) is 11.6. The number of rotatable bonds is 8. The maximum absolute atomic E-state index is 12.7. The topological polar surface area (TPSA) is 50.4 Å². The van der Waals surface area contributed by atoms with Crippen molar-refractivity contribution in [1.29, 1.82) is 0 Å². The molecular formula is C14H21FN2O2S. The van der Waals surface area contributed by atoms with Crippen molar-refractivity contribution >= 4 is 17.8 Å². The number of carbonyl (C=O) groups is 1. The highest BCUT2D eigenvalue weighted by Crippen LogP contribution is 2.03. The van der Waals surface area contributed by atoms with E-state index in [1.54, 1.807) is 31.0 Å². The number of carbonyl (C=O) groups excluding carboxylic acids is 1. The van der Waals surface area contributed by atoms with E-state index < -0.39 is 0 Å². The highest BCUT2D eigenvalue weighted by atomic mass is 32.2. The van der Waals surface area contributed by atoms with E-state index in [1.807, 2.05) is 6.26 Å². The van der Waals surface area contributed by atoms with Gasteiger partial charge in [-0.2, -0.15) is 11.8 Å². The van der Waals surface area contributed by atoms with Gasteiger partial charge in [-0.05, 0) is 36.1 Å². The molecule has 0 fully saturated rings. The molecule has 0 aromatic heterocycles. The molecule has 0 radical (unpaired) electrons. The number of halogens is 1. The molecule has 0 saturated heterocycles. The molecule has 0 aliphatic heterocycles. The quantitative estimate of drug-likeness (QED) is 0.775. The summed E-state index contributed by atoms with van der Waals surface area (Å²) in [5, 5.41) is 5.49. The lowest BCUT2D eigenvalue weighted by atomic mass is 10.2. The Morgan fingerprint density at radius 2 is 2.05 bits per heavy atom. The van der Waals surface area contributed by atoms with Crippen LogP contribution in [0.3, 0.4) is 0 Å². The van der Waals surface area contributed by atoms with Gasteiger partial charge in [-0.1, -0.05) is 12.1 Å². The Morgan fingerprint density at radius 3 is 2.65 bits per heavy atom. The first-order valence-corrected chi connectivity index (χ1v) is 7.83. The second kappa shape index (κ2) is 9.61. The molecule has 112 valence electrons. The fraction of sp³-hybridized carbons (Fsp3) is 0.500. The largest absolute Gasteiger partial charge is 0.380 e. The lowest BCUT2D eigenvalue weighted by Gasteiger charge is -2.15. The second-order valence-corrected chi connectivity index (χ2v) is 5.31. The molecular weight excluding hydrogens is 279 g/mol. The van der Waals surface area contributed by atoms with Crippen LogP contribution in [-0.2, 0) is 11.3 Å². The van der Waals surface area contributed by atoms with Crippen LogP contribution in [0.5, 0.6) is 0 Å². The van der Waals surface area contributed by atoms with Crippen LogP contribution in [-0.4, -0.2) is 37.8 Å². The van der Waals surface area contributed by atoms with Crippen LogP contribution < -0.4 is 10.6 Å². The van der Waals surface area contributed by atoms with Gasteiger partial charge in [-0.15, -0.1) is 0 Å². The van der Waals surface area contributed by atoms with Crippen LogP contribution in [0.1, 0.15) is 12.0 Å². The number of hydrogen-bond donors (Lipinski definition) is 2. The molecule has 1 atom stereocenters. The number of hydrogen-bond acceptors (Lipinski definition) is 3. The Morgan fingerprint density at radius 1 is 1.35 bits per heavy atom. The van der Waals surface area contributed by atoms with E-state index >= 15 is 0 Å². The van der Waals surface area contributed by atoms with E-state index in [1.165, 1.54) is 12.1 Å². The van der Waals surface area contributed by atoms with E-state index in [2.05, 4.69) is 10.6 Å². The number of benzene rings is 1. The van der Waals surface area contributed by atoms with Crippen LogP contribution in [0.2, 0.25) is 0 Å². The van der Waals surface area contributed by atoms with Gasteiger partial charge in [0.05, 0.1) is 6.10 Å². The summed E-state index contributed by atoms with van der Waals surface area (Å²) in [7, 11) is 1.64. The minimum absolute atomic E-state index is 0.0269. The maximum Gasteiger partial charge on any atom is 0.315 e. The Bertz CT molecular complexity index is 401. The standard InChI is InChI=1S/C14H21FN2O2S/c1-19-13(7-8-20-2)10-17-14(18)16-9-11-3-5-12(15)6-4-11/h3-6,13H,7-10H2,1-2H3,(H2,16,17,18). The zero-order chi connectivity index (χ0) is 14.8. The number of thioether (sulfide) groups is 1. The van der Waals surface area contributed by atoms with Crippen molar-refractivity contribution in [3.05, 3.63) is 35.6 Å². The molecule has 2 N–H and O–H groups in total. The van der Waals surface area contributed by atoms with Crippen molar-refractivity contribution in [3.63, 3.8) is 0 Å². The molecule has 2 amide bonds. The van der Waals surface area contributed by atoms with Gasteiger partial charge in [-0.3, -0.25) is 0 Å². The van der Waals surface area contributed by atoms with E-state index in [-0.39, 0.29) is 18.0 Å². The Hall–Kier alpha value is -1.27. The van der Waals surface area contributed by atoms with E-state index in [0.717, 1.165) is 17.7 Å². The first-order chi connectivity index (χ1) is 9.65. The summed E-state index contributed by atoms with van der Waals surface area (Å²) < 4.78 is 18.0. The summed E-state index contributed by atoms with van der Waals surface area (Å²) in [6.45, 7) is 0.848. The van der Waals surface area contributed by atoms with Gasteiger partial charge < -0.3 is 15.4 Å². The zero-order valence-electron chi connectivity index (χ0n) is 11.8. The molecule has 0 heterocycles. The van der Waals surface area contributed by atoms with Crippen LogP contribution in [0.4, 0.5) is 9.18 Å². The van der Waals surface area contributed by atoms with Gasteiger partial charge in [0.15, 0.2) is 0 Å². The van der Waals surface area contributed by atoms with E-state index in [4.69, 9.17) is 4.74 Å². The number of ether oxygens (including phenoxy) is 1. The summed E-state index contributed by atoms with van der Waals surface area (Å²) in [6, 6.07) is 5.79. The van der Waals surface area contributed by atoms with Crippen molar-refractivity contribution in [2.75, 3.05) is 25.7 Å². The summed E-state index contributed by atoms with van der Waals surface area (Å²) in [5.41, 5.74) is 0.854. The molecule has 1 aromatic rings. The molecule has 1 aromatic carbocycles. The third-order valence-corrected chi connectivity index (χ3v) is 3.48. The van der Waals surface area contributed by atoms with Crippen molar-refractivity contribution < 1.29 is 13.9 Å². The molecule has 0 spiro atoms. The van der Waals surface area contributed by atoms with Crippen LogP contribution in [0.15, 0.2) is 24.3 Å². The van der Waals surface area contributed by atoms with E-state index in [0.29, 0.717) is 13.1 Å². The first-order valence-electron chi connectivity index (χ1n) is 6.43. The number of amides is 2. The smallest absolute Gasteiger partial charge is 0.315 e. The Labute approximate surface area is 123 Å². The Balaban J connectivity index is 2.24. The molecule has 0 saturated carbocycles. The number of nitrogens with one attached hydrogen (secondary N) is 2. The highest BCUT2D eigenvalue weighted by molar-refractivity contribution is 7.98. The maximum atomic E-state index is 12.7. The summed E-state index contributed by atoms with van der Waals surface area (Å²) in [6.07, 6.45) is 2.96. The van der Waals surface area contributed by atoms with Gasteiger partial charge >= 0.3 is 6.03 Å². The minimum Gasteiger partial charge on any atom is -0.380 e. The normalized spacial score (nSPS) is 11.9. The minimum atomic E-state index is -0.282. The van der Waals surface area contributed by atoms with Crippen LogP contribution in [0, 0.1) is 5.82 Å². The highest BCUT2D eigenvalue weighted by Gasteiger charge is 2.08. The summed E-state index contributed by atoms with van der Waals surface area (Å²) in [5.74, 6) is 0.715. The third kappa shape index (κ3) is 6.77. The molecule has 6 heteroatoms. The first kappa shape index (κ1) is 16.8. The second-order valence-electron chi connectivity index (χ2n) is 4.33. The molecule has 0 aliphatic carbocycles. The van der Waals surface area contributed by atoms with Crippen molar-refractivity contribution in [2.24, 2.45) is 0 Å².